The Morgan fingerprint density at radius 3 is 2.06 bits per heavy atom. The molecule has 0 atom stereocenters. The Morgan fingerprint density at radius 1 is 0.875 bits per heavy atom. The van der Waals surface area contributed by atoms with Crippen LogP contribution in [0, 0.1) is 5.41 Å². The van der Waals surface area contributed by atoms with Gasteiger partial charge in [-0.05, 0) is 57.0 Å². The monoisotopic (exact) mass is 222 g/mol. The SMILES string of the molecule is NC1CC(N2CCC3(CCCCC3)CC2)C1. The highest BCUT2D eigenvalue weighted by Gasteiger charge is 2.39. The molecule has 3 fully saturated rings. The molecular weight excluding hydrogens is 196 g/mol. The lowest BCUT2D eigenvalue weighted by molar-refractivity contribution is 0.0179. The smallest absolute Gasteiger partial charge is 0.0125 e. The number of hydrogen-bond acceptors (Lipinski definition) is 2. The van der Waals surface area contributed by atoms with Crippen molar-refractivity contribution >= 4 is 0 Å². The zero-order valence-electron chi connectivity index (χ0n) is 10.5. The summed E-state index contributed by atoms with van der Waals surface area (Å²) >= 11 is 0. The Labute approximate surface area is 99.6 Å². The van der Waals surface area contributed by atoms with Crippen LogP contribution in [0.5, 0.6) is 0 Å². The van der Waals surface area contributed by atoms with E-state index in [1.165, 1.54) is 70.9 Å². The Morgan fingerprint density at radius 2 is 1.50 bits per heavy atom. The van der Waals surface area contributed by atoms with Gasteiger partial charge in [0.05, 0.1) is 0 Å². The summed E-state index contributed by atoms with van der Waals surface area (Å²) in [5.74, 6) is 0. The summed E-state index contributed by atoms with van der Waals surface area (Å²) in [7, 11) is 0. The van der Waals surface area contributed by atoms with Crippen molar-refractivity contribution < 1.29 is 0 Å². The van der Waals surface area contributed by atoms with Crippen LogP contribution in [-0.2, 0) is 0 Å². The molecule has 2 aliphatic carbocycles. The summed E-state index contributed by atoms with van der Waals surface area (Å²) in [5, 5.41) is 0. The van der Waals surface area contributed by atoms with E-state index in [0.29, 0.717) is 6.04 Å². The molecule has 1 heterocycles. The van der Waals surface area contributed by atoms with E-state index in [-0.39, 0.29) is 0 Å². The molecule has 2 saturated carbocycles. The molecular formula is C14H26N2. The standard InChI is InChI=1S/C14H26N2/c15-12-10-13(11-12)16-8-6-14(7-9-16)4-2-1-3-5-14/h12-13H,1-11,15H2. The maximum atomic E-state index is 5.89. The molecule has 0 unspecified atom stereocenters. The van der Waals surface area contributed by atoms with Crippen LogP contribution >= 0.6 is 0 Å². The van der Waals surface area contributed by atoms with Crippen LogP contribution in [0.2, 0.25) is 0 Å². The third kappa shape index (κ3) is 2.02. The first-order valence-electron chi connectivity index (χ1n) is 7.27. The maximum absolute atomic E-state index is 5.89. The van der Waals surface area contributed by atoms with Gasteiger partial charge in [-0.25, -0.2) is 0 Å². The lowest BCUT2D eigenvalue weighted by Crippen LogP contribution is -2.54. The van der Waals surface area contributed by atoms with Crippen LogP contribution in [0.15, 0.2) is 0 Å². The van der Waals surface area contributed by atoms with Gasteiger partial charge in [0.15, 0.2) is 0 Å². The summed E-state index contributed by atoms with van der Waals surface area (Å²) in [4.78, 5) is 2.73. The molecule has 3 rings (SSSR count). The van der Waals surface area contributed by atoms with Gasteiger partial charge >= 0.3 is 0 Å². The van der Waals surface area contributed by atoms with Crippen LogP contribution in [0.4, 0.5) is 0 Å². The molecule has 1 spiro atoms. The molecule has 1 saturated heterocycles. The van der Waals surface area contributed by atoms with Gasteiger partial charge in [-0.1, -0.05) is 19.3 Å². The van der Waals surface area contributed by atoms with E-state index in [9.17, 15) is 0 Å². The van der Waals surface area contributed by atoms with E-state index in [4.69, 9.17) is 5.73 Å². The Bertz CT molecular complexity index is 229. The van der Waals surface area contributed by atoms with Crippen molar-refractivity contribution in [2.45, 2.75) is 69.9 Å². The number of nitrogens with two attached hydrogens (primary N) is 1. The fourth-order valence-electron chi connectivity index (χ4n) is 4.09. The predicted molar refractivity (Wildman–Crippen MR) is 67.3 cm³/mol. The average Bonchev–Trinajstić information content (AvgIpc) is 2.28. The predicted octanol–water partition coefficient (Wildman–Crippen LogP) is 2.52. The molecule has 92 valence electrons. The van der Waals surface area contributed by atoms with Gasteiger partial charge in [0.1, 0.15) is 0 Å². The highest BCUT2D eigenvalue weighted by Crippen LogP contribution is 2.45. The fourth-order valence-corrected chi connectivity index (χ4v) is 4.09. The molecule has 0 bridgehead atoms. The van der Waals surface area contributed by atoms with Crippen molar-refractivity contribution in [3.63, 3.8) is 0 Å². The van der Waals surface area contributed by atoms with E-state index in [0.717, 1.165) is 11.5 Å². The molecule has 0 aromatic heterocycles. The Balaban J connectivity index is 1.51. The lowest BCUT2D eigenvalue weighted by atomic mass is 9.67. The molecule has 0 amide bonds. The van der Waals surface area contributed by atoms with Gasteiger partial charge in [0.2, 0.25) is 0 Å². The van der Waals surface area contributed by atoms with Crippen LogP contribution in [0.3, 0.4) is 0 Å². The first kappa shape index (κ1) is 11.0. The van der Waals surface area contributed by atoms with Gasteiger partial charge in [0.25, 0.3) is 0 Å². The number of likely N-dealkylation sites (tertiary alicyclic amines) is 1. The molecule has 2 heteroatoms. The van der Waals surface area contributed by atoms with Gasteiger partial charge in [-0.15, -0.1) is 0 Å². The zero-order chi connectivity index (χ0) is 11.0. The fraction of sp³-hybridized carbons (Fsp3) is 1.00. The van der Waals surface area contributed by atoms with E-state index >= 15 is 0 Å². The quantitative estimate of drug-likeness (QED) is 0.738. The summed E-state index contributed by atoms with van der Waals surface area (Å²) in [6, 6.07) is 1.35. The second-order valence-electron chi connectivity index (χ2n) is 6.48. The number of piperidine rings is 1. The largest absolute Gasteiger partial charge is 0.328 e. The van der Waals surface area contributed by atoms with Crippen molar-refractivity contribution in [2.75, 3.05) is 13.1 Å². The van der Waals surface area contributed by atoms with Crippen LogP contribution in [-0.4, -0.2) is 30.1 Å². The van der Waals surface area contributed by atoms with Crippen molar-refractivity contribution in [1.29, 1.82) is 0 Å². The highest BCUT2D eigenvalue weighted by atomic mass is 15.2. The van der Waals surface area contributed by atoms with E-state index in [1.54, 1.807) is 0 Å². The van der Waals surface area contributed by atoms with Crippen LogP contribution in [0.25, 0.3) is 0 Å². The van der Waals surface area contributed by atoms with E-state index < -0.39 is 0 Å². The minimum atomic E-state index is 0.510. The first-order chi connectivity index (χ1) is 7.77. The van der Waals surface area contributed by atoms with Gasteiger partial charge < -0.3 is 10.6 Å². The second kappa shape index (κ2) is 4.30. The normalized spacial score (nSPS) is 39.6. The summed E-state index contributed by atoms with van der Waals surface area (Å²) < 4.78 is 0. The average molecular weight is 222 g/mol. The zero-order valence-corrected chi connectivity index (χ0v) is 10.5. The minimum Gasteiger partial charge on any atom is -0.328 e. The number of nitrogens with zero attached hydrogens (tertiary/aromatic N) is 1. The third-order valence-electron chi connectivity index (χ3n) is 5.44. The van der Waals surface area contributed by atoms with Gasteiger partial charge in [-0.3, -0.25) is 0 Å². The molecule has 0 aromatic carbocycles. The Kier molecular flexibility index (Phi) is 2.97. The lowest BCUT2D eigenvalue weighted by Gasteiger charge is -2.49. The molecule has 3 aliphatic rings. The molecule has 0 aromatic rings. The molecule has 2 nitrogen and oxygen atoms in total. The molecule has 0 radical (unpaired) electrons. The van der Waals surface area contributed by atoms with Crippen molar-refractivity contribution in [2.24, 2.45) is 11.1 Å². The molecule has 16 heavy (non-hydrogen) atoms. The van der Waals surface area contributed by atoms with E-state index in [2.05, 4.69) is 4.90 Å². The highest BCUT2D eigenvalue weighted by molar-refractivity contribution is 4.95. The number of hydrogen-bond donors (Lipinski definition) is 1. The van der Waals surface area contributed by atoms with E-state index in [1.807, 2.05) is 0 Å². The summed E-state index contributed by atoms with van der Waals surface area (Å²) in [6.45, 7) is 2.72. The number of rotatable bonds is 1. The van der Waals surface area contributed by atoms with Crippen molar-refractivity contribution in [3.05, 3.63) is 0 Å². The van der Waals surface area contributed by atoms with Crippen LogP contribution in [0.1, 0.15) is 57.8 Å². The first-order valence-corrected chi connectivity index (χ1v) is 7.27. The topological polar surface area (TPSA) is 29.3 Å². The Hall–Kier alpha value is -0.0800. The van der Waals surface area contributed by atoms with Gasteiger partial charge in [-0.2, -0.15) is 0 Å². The third-order valence-corrected chi connectivity index (χ3v) is 5.44. The van der Waals surface area contributed by atoms with Gasteiger partial charge in [0, 0.05) is 12.1 Å². The molecule has 2 N–H and O–H groups in total. The van der Waals surface area contributed by atoms with Crippen molar-refractivity contribution in [3.8, 4) is 0 Å². The summed E-state index contributed by atoms with van der Waals surface area (Å²) in [6.07, 6.45) is 13.0. The maximum Gasteiger partial charge on any atom is 0.0125 e. The van der Waals surface area contributed by atoms with Crippen molar-refractivity contribution in [1.82, 2.24) is 4.90 Å². The summed E-state index contributed by atoms with van der Waals surface area (Å²) in [5.41, 5.74) is 6.65. The molecule has 1 aliphatic heterocycles. The second-order valence-corrected chi connectivity index (χ2v) is 6.48. The van der Waals surface area contributed by atoms with Crippen LogP contribution < -0.4 is 5.73 Å². The minimum absolute atomic E-state index is 0.510.